The van der Waals surface area contributed by atoms with Gasteiger partial charge in [0.25, 0.3) is 5.91 Å². The lowest BCUT2D eigenvalue weighted by atomic mass is 9.96. The van der Waals surface area contributed by atoms with Crippen LogP contribution in [0.5, 0.6) is 0 Å². The number of H-pyrrole nitrogens is 1. The molecule has 2 heterocycles. The highest BCUT2D eigenvalue weighted by molar-refractivity contribution is 5.95. The van der Waals surface area contributed by atoms with Crippen molar-refractivity contribution in [2.75, 3.05) is 20.3 Å². The molecule has 4 rings (SSSR count). The number of imidazole rings is 1. The molecular weight excluding hydrogens is 350 g/mol. The van der Waals surface area contributed by atoms with E-state index in [1.165, 1.54) is 6.42 Å². The summed E-state index contributed by atoms with van der Waals surface area (Å²) in [7, 11) is 1.73. The highest BCUT2D eigenvalue weighted by Gasteiger charge is 2.27. The summed E-state index contributed by atoms with van der Waals surface area (Å²) in [5.41, 5.74) is 4.96. The largest absolute Gasteiger partial charge is 0.385 e. The number of methoxy groups -OCH3 is 1. The summed E-state index contributed by atoms with van der Waals surface area (Å²) in [5.74, 6) is 0.151. The van der Waals surface area contributed by atoms with Crippen molar-refractivity contribution >= 4 is 16.9 Å². The molecule has 5 nitrogen and oxygen atoms in total. The number of fused-ring (bicyclic) bond motifs is 1. The van der Waals surface area contributed by atoms with Crippen molar-refractivity contribution < 1.29 is 9.53 Å². The fourth-order valence-electron chi connectivity index (χ4n) is 4.12. The van der Waals surface area contributed by atoms with Gasteiger partial charge < -0.3 is 14.6 Å². The Morgan fingerprint density at radius 3 is 2.82 bits per heavy atom. The Hall–Kier alpha value is -2.66. The Morgan fingerprint density at radius 1 is 1.18 bits per heavy atom. The molecule has 5 heteroatoms. The SMILES string of the molecule is COCCCC1CCCCN1C(=O)c1ccc(-c2ccc3nc[nH]c3c2)cc1. The number of ether oxygens (including phenoxy) is 1. The number of benzene rings is 2. The van der Waals surface area contributed by atoms with E-state index in [1.54, 1.807) is 13.4 Å². The minimum Gasteiger partial charge on any atom is -0.385 e. The van der Waals surface area contributed by atoms with Crippen molar-refractivity contribution in [2.45, 2.75) is 38.1 Å². The average Bonchev–Trinajstić information content (AvgIpc) is 3.22. The Morgan fingerprint density at radius 2 is 2.00 bits per heavy atom. The third-order valence-electron chi connectivity index (χ3n) is 5.66. The first-order chi connectivity index (χ1) is 13.8. The zero-order chi connectivity index (χ0) is 19.3. The summed E-state index contributed by atoms with van der Waals surface area (Å²) in [6.07, 6.45) is 7.11. The van der Waals surface area contributed by atoms with Gasteiger partial charge in [-0.3, -0.25) is 4.79 Å². The predicted octanol–water partition coefficient (Wildman–Crippen LogP) is 4.65. The minimum absolute atomic E-state index is 0.151. The Kier molecular flexibility index (Phi) is 5.72. The number of aromatic amines is 1. The summed E-state index contributed by atoms with van der Waals surface area (Å²) < 4.78 is 5.18. The molecule has 1 aromatic heterocycles. The van der Waals surface area contributed by atoms with Gasteiger partial charge in [-0.25, -0.2) is 4.98 Å². The van der Waals surface area contributed by atoms with Gasteiger partial charge in [-0.15, -0.1) is 0 Å². The molecule has 0 aliphatic carbocycles. The van der Waals surface area contributed by atoms with Crippen LogP contribution in [0.1, 0.15) is 42.5 Å². The van der Waals surface area contributed by atoms with Crippen LogP contribution >= 0.6 is 0 Å². The number of piperidine rings is 1. The summed E-state index contributed by atoms with van der Waals surface area (Å²) in [6.45, 7) is 1.61. The molecule has 1 aliphatic rings. The molecule has 1 aliphatic heterocycles. The van der Waals surface area contributed by atoms with Crippen LogP contribution in [-0.4, -0.2) is 47.1 Å². The quantitative estimate of drug-likeness (QED) is 0.636. The number of nitrogens with zero attached hydrogens (tertiary/aromatic N) is 2. The van der Waals surface area contributed by atoms with Crippen LogP contribution in [0.4, 0.5) is 0 Å². The fraction of sp³-hybridized carbons (Fsp3) is 0.391. The second-order valence-electron chi connectivity index (χ2n) is 7.49. The van der Waals surface area contributed by atoms with E-state index in [2.05, 4.69) is 27.0 Å². The second kappa shape index (κ2) is 8.57. The van der Waals surface area contributed by atoms with Gasteiger partial charge >= 0.3 is 0 Å². The van der Waals surface area contributed by atoms with Crippen molar-refractivity contribution in [1.29, 1.82) is 0 Å². The lowest BCUT2D eigenvalue weighted by Gasteiger charge is -2.36. The summed E-state index contributed by atoms with van der Waals surface area (Å²) in [5, 5.41) is 0. The Labute approximate surface area is 165 Å². The van der Waals surface area contributed by atoms with Crippen molar-refractivity contribution in [2.24, 2.45) is 0 Å². The minimum atomic E-state index is 0.151. The summed E-state index contributed by atoms with van der Waals surface area (Å²) in [6, 6.07) is 14.5. The van der Waals surface area contributed by atoms with Crippen LogP contribution in [0.3, 0.4) is 0 Å². The molecule has 1 N–H and O–H groups in total. The summed E-state index contributed by atoms with van der Waals surface area (Å²) in [4.78, 5) is 22.6. The smallest absolute Gasteiger partial charge is 0.254 e. The number of likely N-dealkylation sites (tertiary alicyclic amines) is 1. The predicted molar refractivity (Wildman–Crippen MR) is 111 cm³/mol. The molecule has 0 saturated carbocycles. The number of carbonyl (C=O) groups excluding carboxylic acids is 1. The van der Waals surface area contributed by atoms with Gasteiger partial charge in [0, 0.05) is 31.9 Å². The Bertz CT molecular complexity index is 932. The number of carbonyl (C=O) groups is 1. The molecule has 0 spiro atoms. The van der Waals surface area contributed by atoms with Crippen LogP contribution < -0.4 is 0 Å². The molecule has 0 bridgehead atoms. The molecule has 1 fully saturated rings. The molecule has 28 heavy (non-hydrogen) atoms. The van der Waals surface area contributed by atoms with Crippen molar-refractivity contribution in [3.05, 3.63) is 54.4 Å². The van der Waals surface area contributed by atoms with Gasteiger partial charge in [-0.1, -0.05) is 18.2 Å². The van der Waals surface area contributed by atoms with E-state index in [0.29, 0.717) is 6.04 Å². The number of nitrogens with one attached hydrogen (secondary N) is 1. The topological polar surface area (TPSA) is 58.2 Å². The van der Waals surface area contributed by atoms with Gasteiger partial charge in [-0.05, 0) is 67.5 Å². The van der Waals surface area contributed by atoms with Crippen molar-refractivity contribution in [1.82, 2.24) is 14.9 Å². The average molecular weight is 377 g/mol. The highest BCUT2D eigenvalue weighted by Crippen LogP contribution is 2.26. The first-order valence-corrected chi connectivity index (χ1v) is 10.1. The number of rotatable bonds is 6. The normalized spacial score (nSPS) is 17.2. The molecular formula is C23H27N3O2. The fourth-order valence-corrected chi connectivity index (χ4v) is 4.12. The maximum absolute atomic E-state index is 13.1. The van der Waals surface area contributed by atoms with E-state index in [0.717, 1.165) is 66.6 Å². The lowest BCUT2D eigenvalue weighted by molar-refractivity contribution is 0.0585. The molecule has 3 aromatic rings. The first kappa shape index (κ1) is 18.7. The zero-order valence-electron chi connectivity index (χ0n) is 16.4. The van der Waals surface area contributed by atoms with Gasteiger partial charge in [0.2, 0.25) is 0 Å². The van der Waals surface area contributed by atoms with Gasteiger partial charge in [0.05, 0.1) is 17.4 Å². The third-order valence-corrected chi connectivity index (χ3v) is 5.66. The van der Waals surface area contributed by atoms with Gasteiger partial charge in [-0.2, -0.15) is 0 Å². The van der Waals surface area contributed by atoms with E-state index >= 15 is 0 Å². The van der Waals surface area contributed by atoms with E-state index in [-0.39, 0.29) is 5.91 Å². The number of amides is 1. The maximum atomic E-state index is 13.1. The molecule has 1 unspecified atom stereocenters. The zero-order valence-corrected chi connectivity index (χ0v) is 16.4. The lowest BCUT2D eigenvalue weighted by Crippen LogP contribution is -2.43. The first-order valence-electron chi connectivity index (χ1n) is 10.1. The number of hydrogen-bond donors (Lipinski definition) is 1. The van der Waals surface area contributed by atoms with Gasteiger partial charge in [0.1, 0.15) is 0 Å². The second-order valence-corrected chi connectivity index (χ2v) is 7.49. The highest BCUT2D eigenvalue weighted by atomic mass is 16.5. The van der Waals surface area contributed by atoms with E-state index in [1.807, 2.05) is 30.3 Å². The van der Waals surface area contributed by atoms with Crippen LogP contribution in [0.15, 0.2) is 48.8 Å². The van der Waals surface area contributed by atoms with Crippen LogP contribution in [0, 0.1) is 0 Å². The monoisotopic (exact) mass is 377 g/mol. The number of aromatic nitrogens is 2. The van der Waals surface area contributed by atoms with Crippen molar-refractivity contribution in [3.8, 4) is 11.1 Å². The van der Waals surface area contributed by atoms with E-state index in [4.69, 9.17) is 4.74 Å². The molecule has 1 amide bonds. The van der Waals surface area contributed by atoms with Crippen LogP contribution in [0.25, 0.3) is 22.2 Å². The van der Waals surface area contributed by atoms with E-state index < -0.39 is 0 Å². The number of hydrogen-bond acceptors (Lipinski definition) is 3. The molecule has 1 atom stereocenters. The van der Waals surface area contributed by atoms with E-state index in [9.17, 15) is 4.79 Å². The van der Waals surface area contributed by atoms with Gasteiger partial charge in [0.15, 0.2) is 0 Å². The third kappa shape index (κ3) is 3.94. The van der Waals surface area contributed by atoms with Crippen molar-refractivity contribution in [3.63, 3.8) is 0 Å². The maximum Gasteiger partial charge on any atom is 0.254 e. The molecule has 1 saturated heterocycles. The standard InChI is InChI=1S/C23H27N3O2/c1-28-14-4-6-20-5-2-3-13-26(20)23(27)18-9-7-17(8-10-18)19-11-12-21-22(15-19)25-16-24-21/h7-12,15-16,20H,2-6,13-14H2,1H3,(H,24,25). The molecule has 0 radical (unpaired) electrons. The van der Waals surface area contributed by atoms with Crippen LogP contribution in [0.2, 0.25) is 0 Å². The molecule has 146 valence electrons. The Balaban J connectivity index is 1.49. The summed E-state index contributed by atoms with van der Waals surface area (Å²) >= 11 is 0. The van der Waals surface area contributed by atoms with Crippen LogP contribution in [-0.2, 0) is 4.74 Å². The molecule has 2 aromatic carbocycles.